The average Bonchev–Trinajstić information content (AvgIpc) is 4.19. The summed E-state index contributed by atoms with van der Waals surface area (Å²) in [6, 6.07) is 84.3. The lowest BCUT2D eigenvalue weighted by molar-refractivity contribution is 0.590. The van der Waals surface area contributed by atoms with Crippen LogP contribution in [0.1, 0.15) is 143 Å². The number of benzene rings is 11. The molecular formula is C74H58. The van der Waals surface area contributed by atoms with Crippen LogP contribution in [-0.4, -0.2) is 0 Å². The minimum atomic E-state index is -0.0714. The molecule has 4 aliphatic rings. The van der Waals surface area contributed by atoms with E-state index >= 15 is 0 Å². The van der Waals surface area contributed by atoms with Gasteiger partial charge in [-0.2, -0.15) is 0 Å². The van der Waals surface area contributed by atoms with Crippen molar-refractivity contribution in [2.45, 2.75) is 76.0 Å². The molecule has 0 heteroatoms. The van der Waals surface area contributed by atoms with E-state index in [0.717, 1.165) is 0 Å². The molecule has 0 amide bonds. The van der Waals surface area contributed by atoms with Crippen molar-refractivity contribution in [1.82, 2.24) is 0 Å². The molecule has 2 unspecified atom stereocenters. The SMILES string of the molecule is CC(C)(C)c1cc2c3c(c1)-c1c(ccc4c1-c1cc(C(C)(C)C)cc5c1C4c1c-5cc4ccccc4c1C(c1ccccc1)c1ccccc1)C3c1c-2cc2ccccc2c1C(c1ccccc1)c1ccccc1. The minimum Gasteiger partial charge on any atom is -0.0622 e. The maximum Gasteiger partial charge on any atom is 0.0368 e. The molecule has 74 heavy (non-hydrogen) atoms. The summed E-state index contributed by atoms with van der Waals surface area (Å²) in [4.78, 5) is 0. The molecule has 11 aromatic rings. The summed E-state index contributed by atoms with van der Waals surface area (Å²) >= 11 is 0. The van der Waals surface area contributed by atoms with Crippen LogP contribution in [0.2, 0.25) is 0 Å². The molecule has 0 saturated heterocycles. The van der Waals surface area contributed by atoms with Crippen LogP contribution in [0.25, 0.3) is 66.1 Å². The highest BCUT2D eigenvalue weighted by Gasteiger charge is 2.49. The van der Waals surface area contributed by atoms with Gasteiger partial charge in [0, 0.05) is 23.7 Å². The lowest BCUT2D eigenvalue weighted by atomic mass is 9.75. The van der Waals surface area contributed by atoms with Gasteiger partial charge in [-0.15, -0.1) is 0 Å². The first kappa shape index (κ1) is 43.5. The normalized spacial score (nSPS) is 15.4. The van der Waals surface area contributed by atoms with Crippen molar-refractivity contribution < 1.29 is 0 Å². The molecule has 0 radical (unpaired) electrons. The highest BCUT2D eigenvalue weighted by molar-refractivity contribution is 6.09. The van der Waals surface area contributed by atoms with Gasteiger partial charge in [0.15, 0.2) is 0 Å². The third-order valence-electron chi connectivity index (χ3n) is 17.6. The van der Waals surface area contributed by atoms with Crippen molar-refractivity contribution in [3.8, 4) is 44.5 Å². The summed E-state index contributed by atoms with van der Waals surface area (Å²) < 4.78 is 0. The van der Waals surface area contributed by atoms with Crippen molar-refractivity contribution in [1.29, 1.82) is 0 Å². The quantitative estimate of drug-likeness (QED) is 0.146. The van der Waals surface area contributed by atoms with E-state index in [9.17, 15) is 0 Å². The van der Waals surface area contributed by atoms with Crippen molar-refractivity contribution in [2.24, 2.45) is 0 Å². The van der Waals surface area contributed by atoms with Crippen LogP contribution in [0.4, 0.5) is 0 Å². The Kier molecular flexibility index (Phi) is 9.25. The second-order valence-corrected chi connectivity index (χ2v) is 23.8. The fourth-order valence-corrected chi connectivity index (χ4v) is 14.4. The molecule has 0 saturated carbocycles. The second kappa shape index (κ2) is 15.7. The summed E-state index contributed by atoms with van der Waals surface area (Å²) in [5, 5.41) is 5.28. The molecule has 2 atom stereocenters. The summed E-state index contributed by atoms with van der Waals surface area (Å²) in [5.74, 6) is 0.244. The van der Waals surface area contributed by atoms with E-state index in [-0.39, 0.29) is 34.5 Å². The smallest absolute Gasteiger partial charge is 0.0368 e. The van der Waals surface area contributed by atoms with Gasteiger partial charge in [0.25, 0.3) is 0 Å². The van der Waals surface area contributed by atoms with Gasteiger partial charge >= 0.3 is 0 Å². The van der Waals surface area contributed by atoms with Crippen LogP contribution in [0.15, 0.2) is 218 Å². The van der Waals surface area contributed by atoms with E-state index in [1.165, 1.54) is 144 Å². The van der Waals surface area contributed by atoms with Gasteiger partial charge in [-0.05, 0) is 167 Å². The van der Waals surface area contributed by atoms with Crippen LogP contribution >= 0.6 is 0 Å². The topological polar surface area (TPSA) is 0 Å². The highest BCUT2D eigenvalue weighted by Crippen LogP contribution is 2.68. The number of hydrogen-bond acceptors (Lipinski definition) is 0. The monoisotopic (exact) mass is 946 g/mol. The van der Waals surface area contributed by atoms with Gasteiger partial charge in [-0.1, -0.05) is 248 Å². The first-order chi connectivity index (χ1) is 36.0. The van der Waals surface area contributed by atoms with Gasteiger partial charge < -0.3 is 0 Å². The van der Waals surface area contributed by atoms with Gasteiger partial charge in [0.05, 0.1) is 0 Å². The Hall–Kier alpha value is -8.06. The predicted molar refractivity (Wildman–Crippen MR) is 310 cm³/mol. The molecule has 0 N–H and O–H groups in total. The van der Waals surface area contributed by atoms with Gasteiger partial charge in [0.2, 0.25) is 0 Å². The third kappa shape index (κ3) is 6.15. The van der Waals surface area contributed by atoms with Crippen LogP contribution in [0.5, 0.6) is 0 Å². The van der Waals surface area contributed by atoms with Crippen LogP contribution in [-0.2, 0) is 10.8 Å². The van der Waals surface area contributed by atoms with Crippen molar-refractivity contribution in [3.05, 3.63) is 296 Å². The molecule has 15 rings (SSSR count). The van der Waals surface area contributed by atoms with Gasteiger partial charge in [-0.3, -0.25) is 0 Å². The highest BCUT2D eigenvalue weighted by atomic mass is 14.5. The molecule has 354 valence electrons. The molecule has 0 fully saturated rings. The number of fused-ring (bicyclic) bond motifs is 15. The Morgan fingerprint density at radius 3 is 0.932 bits per heavy atom. The van der Waals surface area contributed by atoms with Crippen molar-refractivity contribution in [3.63, 3.8) is 0 Å². The molecule has 11 aromatic carbocycles. The summed E-state index contributed by atoms with van der Waals surface area (Å²) in [5.41, 5.74) is 30.9. The van der Waals surface area contributed by atoms with Crippen molar-refractivity contribution >= 4 is 21.5 Å². The van der Waals surface area contributed by atoms with E-state index < -0.39 is 0 Å². The molecule has 0 heterocycles. The lowest BCUT2D eigenvalue weighted by Crippen LogP contribution is -2.12. The van der Waals surface area contributed by atoms with Crippen LogP contribution in [0.3, 0.4) is 0 Å². The van der Waals surface area contributed by atoms with E-state index in [2.05, 4.69) is 260 Å². The Labute approximate surface area is 436 Å². The third-order valence-corrected chi connectivity index (χ3v) is 17.6. The van der Waals surface area contributed by atoms with E-state index in [1.807, 2.05) is 0 Å². The van der Waals surface area contributed by atoms with Gasteiger partial charge in [0.1, 0.15) is 0 Å². The first-order valence-electron chi connectivity index (χ1n) is 26.9. The number of rotatable bonds is 6. The van der Waals surface area contributed by atoms with E-state index in [1.54, 1.807) is 0 Å². The van der Waals surface area contributed by atoms with Gasteiger partial charge in [-0.25, -0.2) is 0 Å². The lowest BCUT2D eigenvalue weighted by Gasteiger charge is -2.28. The Morgan fingerprint density at radius 1 is 0.297 bits per heavy atom. The largest absolute Gasteiger partial charge is 0.0622 e. The average molecular weight is 947 g/mol. The molecule has 4 aliphatic carbocycles. The zero-order chi connectivity index (χ0) is 49.8. The maximum atomic E-state index is 2.62. The fourth-order valence-electron chi connectivity index (χ4n) is 14.4. The molecule has 0 aromatic heterocycles. The summed E-state index contributed by atoms with van der Waals surface area (Å²) in [6.07, 6.45) is 0. The Morgan fingerprint density at radius 2 is 0.595 bits per heavy atom. The molecular weight excluding hydrogens is 889 g/mol. The molecule has 0 spiro atoms. The molecule has 0 nitrogen and oxygen atoms in total. The zero-order valence-electron chi connectivity index (χ0n) is 43.1. The second-order valence-electron chi connectivity index (χ2n) is 23.8. The fraction of sp³-hybridized carbons (Fsp3) is 0.162. The minimum absolute atomic E-state index is 0.0371. The van der Waals surface area contributed by atoms with Crippen LogP contribution < -0.4 is 0 Å². The van der Waals surface area contributed by atoms with Crippen LogP contribution in [0, 0.1) is 0 Å². The Bertz CT molecular complexity index is 3780. The maximum absolute atomic E-state index is 2.62. The van der Waals surface area contributed by atoms with E-state index in [4.69, 9.17) is 0 Å². The zero-order valence-corrected chi connectivity index (χ0v) is 43.1. The predicted octanol–water partition coefficient (Wildman–Crippen LogP) is 19.2. The Balaban J connectivity index is 1.06. The summed E-state index contributed by atoms with van der Waals surface area (Å²) in [6.45, 7) is 14.4. The molecule has 0 bridgehead atoms. The van der Waals surface area contributed by atoms with E-state index in [0.29, 0.717) is 0 Å². The first-order valence-corrected chi connectivity index (χ1v) is 26.9. The molecule has 0 aliphatic heterocycles. The number of hydrogen-bond donors (Lipinski definition) is 0. The standard InChI is InChI=1S/C74H58/c1-73(2,3)49-39-57-55-37-47-31-19-21-33-51(47)67(61(43-23-11-7-12-24-43)44-25-13-8-14-26-44)71(55)69-53-35-36-54-64(63(53)59(41-49)65(57)69)60-42-50(74(4,5)6)40-58-56-38-48-32-20-22-34-52(48)68(72(56)70(54)66(58)60)62(45-27-15-9-16-28-45)46-29-17-10-18-30-46/h7-42,61-62,69-70H,1-6H3. The summed E-state index contributed by atoms with van der Waals surface area (Å²) in [7, 11) is 0. The van der Waals surface area contributed by atoms with Crippen molar-refractivity contribution in [2.75, 3.05) is 0 Å².